The molecule has 0 spiro atoms. The van der Waals surface area contributed by atoms with E-state index in [1.54, 1.807) is 0 Å². The Morgan fingerprint density at radius 3 is 2.47 bits per heavy atom. The molecule has 0 aromatic heterocycles. The third kappa shape index (κ3) is 3.10. The predicted octanol–water partition coefficient (Wildman–Crippen LogP) is 1.12. The first kappa shape index (κ1) is 13.3. The lowest BCUT2D eigenvalue weighted by Crippen LogP contribution is -2.23. The molecule has 0 aliphatic carbocycles. The van der Waals surface area contributed by atoms with Crippen molar-refractivity contribution in [3.8, 4) is 0 Å². The van der Waals surface area contributed by atoms with Crippen molar-refractivity contribution in [3.05, 3.63) is 23.8 Å². The number of sulfonamides is 1. The first-order chi connectivity index (χ1) is 7.74. The van der Waals surface area contributed by atoms with Crippen molar-refractivity contribution in [1.29, 1.82) is 0 Å². The molecule has 0 atom stereocenters. The van der Waals surface area contributed by atoms with E-state index in [1.807, 2.05) is 0 Å². The van der Waals surface area contributed by atoms with Gasteiger partial charge in [0.05, 0.1) is 16.5 Å². The van der Waals surface area contributed by atoms with E-state index in [0.717, 1.165) is 0 Å². The van der Waals surface area contributed by atoms with E-state index in [2.05, 4.69) is 4.72 Å². The van der Waals surface area contributed by atoms with Crippen LogP contribution >= 0.6 is 0 Å². The molecule has 0 aliphatic heterocycles. The lowest BCUT2D eigenvalue weighted by molar-refractivity contribution is 0.0698. The Kier molecular flexibility index (Phi) is 3.62. The lowest BCUT2D eigenvalue weighted by atomic mass is 10.1. The molecule has 6 nitrogen and oxygen atoms in total. The monoisotopic (exact) mass is 258 g/mol. The number of nitrogens with one attached hydrogen (secondary N) is 1. The number of carboxylic acid groups (broad SMARTS) is 1. The van der Waals surface area contributed by atoms with Crippen LogP contribution in [0.1, 0.15) is 24.2 Å². The highest BCUT2D eigenvalue weighted by molar-refractivity contribution is 7.93. The number of hydrogen-bond donors (Lipinski definition) is 3. The van der Waals surface area contributed by atoms with Crippen molar-refractivity contribution in [2.45, 2.75) is 19.1 Å². The number of carbonyl (C=O) groups is 1. The molecule has 0 heterocycles. The van der Waals surface area contributed by atoms with Crippen LogP contribution in [0.25, 0.3) is 0 Å². The summed E-state index contributed by atoms with van der Waals surface area (Å²) in [6.45, 7) is 2.99. The van der Waals surface area contributed by atoms with Crippen molar-refractivity contribution in [2.75, 3.05) is 10.5 Å². The van der Waals surface area contributed by atoms with Gasteiger partial charge in [-0.1, -0.05) is 0 Å². The van der Waals surface area contributed by atoms with E-state index in [1.165, 1.54) is 32.0 Å². The fourth-order valence-electron chi connectivity index (χ4n) is 1.10. The first-order valence-corrected chi connectivity index (χ1v) is 6.43. The highest BCUT2D eigenvalue weighted by atomic mass is 32.2. The fraction of sp³-hybridized carbons (Fsp3) is 0.300. The molecule has 0 saturated carbocycles. The third-order valence-corrected chi connectivity index (χ3v) is 3.89. The van der Waals surface area contributed by atoms with Gasteiger partial charge in [-0.3, -0.25) is 4.72 Å². The second-order valence-electron chi connectivity index (χ2n) is 3.81. The van der Waals surface area contributed by atoms with Crippen LogP contribution in [0.4, 0.5) is 11.4 Å². The highest BCUT2D eigenvalue weighted by Gasteiger charge is 2.19. The van der Waals surface area contributed by atoms with E-state index in [4.69, 9.17) is 10.8 Å². The smallest absolute Gasteiger partial charge is 0.337 e. The summed E-state index contributed by atoms with van der Waals surface area (Å²) in [7, 11) is -3.59. The molecule has 94 valence electrons. The maximum Gasteiger partial charge on any atom is 0.337 e. The van der Waals surface area contributed by atoms with Gasteiger partial charge in [0.25, 0.3) is 0 Å². The zero-order valence-electron chi connectivity index (χ0n) is 9.47. The topological polar surface area (TPSA) is 109 Å². The summed E-state index contributed by atoms with van der Waals surface area (Å²) in [4.78, 5) is 10.9. The fourth-order valence-corrected chi connectivity index (χ4v) is 1.82. The lowest BCUT2D eigenvalue weighted by Gasteiger charge is -2.13. The minimum Gasteiger partial charge on any atom is -0.478 e. The van der Waals surface area contributed by atoms with Crippen molar-refractivity contribution in [1.82, 2.24) is 0 Å². The van der Waals surface area contributed by atoms with E-state index in [0.29, 0.717) is 0 Å². The number of nitrogens with two attached hydrogens (primary N) is 1. The molecule has 0 radical (unpaired) electrons. The maximum atomic E-state index is 11.6. The second kappa shape index (κ2) is 4.62. The molecule has 17 heavy (non-hydrogen) atoms. The summed E-state index contributed by atoms with van der Waals surface area (Å²) < 4.78 is 25.5. The highest BCUT2D eigenvalue weighted by Crippen LogP contribution is 2.21. The molecule has 7 heteroatoms. The average Bonchev–Trinajstić information content (AvgIpc) is 2.15. The Hall–Kier alpha value is -1.76. The van der Waals surface area contributed by atoms with E-state index >= 15 is 0 Å². The van der Waals surface area contributed by atoms with Crippen LogP contribution in [0.5, 0.6) is 0 Å². The van der Waals surface area contributed by atoms with Gasteiger partial charge in [-0.25, -0.2) is 13.2 Å². The van der Waals surface area contributed by atoms with Crippen LogP contribution in [0.3, 0.4) is 0 Å². The van der Waals surface area contributed by atoms with Crippen molar-refractivity contribution >= 4 is 27.4 Å². The number of nitrogen functional groups attached to an aromatic ring is 1. The quantitative estimate of drug-likeness (QED) is 0.701. The molecule has 0 bridgehead atoms. The summed E-state index contributed by atoms with van der Waals surface area (Å²) in [5.74, 6) is -1.22. The summed E-state index contributed by atoms with van der Waals surface area (Å²) in [5.41, 5.74) is 5.63. The van der Waals surface area contributed by atoms with Crippen LogP contribution in [0, 0.1) is 0 Å². The van der Waals surface area contributed by atoms with Gasteiger partial charge in [-0.05, 0) is 32.0 Å². The maximum absolute atomic E-state index is 11.6. The van der Waals surface area contributed by atoms with Gasteiger partial charge in [0, 0.05) is 5.69 Å². The third-order valence-electron chi connectivity index (χ3n) is 2.15. The molecule has 0 saturated heterocycles. The molecule has 1 aromatic rings. The van der Waals surface area contributed by atoms with E-state index in [9.17, 15) is 13.2 Å². The Morgan fingerprint density at radius 2 is 2.00 bits per heavy atom. The molecule has 0 amide bonds. The van der Waals surface area contributed by atoms with E-state index in [-0.39, 0.29) is 16.9 Å². The number of benzene rings is 1. The SMILES string of the molecule is CC(C)S(=O)(=O)Nc1cc(N)ccc1C(=O)O. The normalized spacial score (nSPS) is 11.5. The van der Waals surface area contributed by atoms with Gasteiger partial charge >= 0.3 is 5.97 Å². The minimum atomic E-state index is -3.59. The van der Waals surface area contributed by atoms with Gasteiger partial charge in [-0.2, -0.15) is 0 Å². The second-order valence-corrected chi connectivity index (χ2v) is 6.04. The zero-order chi connectivity index (χ0) is 13.2. The minimum absolute atomic E-state index is 0.0220. The molecule has 4 N–H and O–H groups in total. The number of aromatic carboxylic acids is 1. The Morgan fingerprint density at radius 1 is 1.41 bits per heavy atom. The summed E-state index contributed by atoms with van der Waals surface area (Å²) in [6, 6.07) is 3.94. The molecule has 1 aromatic carbocycles. The molecule has 0 aliphatic rings. The van der Waals surface area contributed by atoms with Crippen molar-refractivity contribution in [2.24, 2.45) is 0 Å². The number of hydrogen-bond acceptors (Lipinski definition) is 4. The Bertz CT molecular complexity index is 537. The molecule has 0 fully saturated rings. The predicted molar refractivity (Wildman–Crippen MR) is 65.5 cm³/mol. The summed E-state index contributed by atoms with van der Waals surface area (Å²) in [6.07, 6.45) is 0. The van der Waals surface area contributed by atoms with Crippen molar-refractivity contribution in [3.63, 3.8) is 0 Å². The number of rotatable bonds is 4. The van der Waals surface area contributed by atoms with Crippen LogP contribution in [0.15, 0.2) is 18.2 Å². The van der Waals surface area contributed by atoms with Crippen LogP contribution in [-0.2, 0) is 10.0 Å². The average molecular weight is 258 g/mol. The van der Waals surface area contributed by atoms with Gasteiger partial charge in [-0.15, -0.1) is 0 Å². The van der Waals surface area contributed by atoms with Gasteiger partial charge < -0.3 is 10.8 Å². The van der Waals surface area contributed by atoms with Crippen LogP contribution < -0.4 is 10.5 Å². The number of carboxylic acids is 1. The summed E-state index contributed by atoms with van der Waals surface area (Å²) in [5, 5.41) is 8.25. The van der Waals surface area contributed by atoms with Gasteiger partial charge in [0.2, 0.25) is 10.0 Å². The largest absolute Gasteiger partial charge is 0.478 e. The first-order valence-electron chi connectivity index (χ1n) is 4.88. The Balaban J connectivity index is 3.22. The summed E-state index contributed by atoms with van der Waals surface area (Å²) >= 11 is 0. The van der Waals surface area contributed by atoms with Crippen molar-refractivity contribution < 1.29 is 18.3 Å². The number of anilines is 2. The van der Waals surface area contributed by atoms with E-state index < -0.39 is 21.2 Å². The van der Waals surface area contributed by atoms with Crippen LogP contribution in [0.2, 0.25) is 0 Å². The van der Waals surface area contributed by atoms with Gasteiger partial charge in [0.15, 0.2) is 0 Å². The van der Waals surface area contributed by atoms with Crippen LogP contribution in [-0.4, -0.2) is 24.7 Å². The van der Waals surface area contributed by atoms with Gasteiger partial charge in [0.1, 0.15) is 0 Å². The molecular formula is C10H14N2O4S. The molecular weight excluding hydrogens is 244 g/mol. The standard InChI is InChI=1S/C10H14N2O4S/c1-6(2)17(15,16)12-9-5-7(11)3-4-8(9)10(13)14/h3-6,12H,11H2,1-2H3,(H,13,14). The molecule has 0 unspecified atom stereocenters. The Labute approximate surface area is 99.5 Å². The zero-order valence-corrected chi connectivity index (χ0v) is 10.3. The molecule has 1 rings (SSSR count).